The molecule has 2 rings (SSSR count). The lowest BCUT2D eigenvalue weighted by Gasteiger charge is -2.07. The fraction of sp³-hybridized carbons (Fsp3) is 0.0909. The molecule has 82 valence electrons. The van der Waals surface area contributed by atoms with Crippen LogP contribution in [0.1, 0.15) is 10.5 Å². The van der Waals surface area contributed by atoms with E-state index in [1.165, 1.54) is 12.5 Å². The number of carboxylic acid groups (broad SMARTS) is 1. The first-order valence-corrected chi connectivity index (χ1v) is 4.63. The minimum atomic E-state index is -1.05. The zero-order valence-corrected chi connectivity index (χ0v) is 8.62. The zero-order chi connectivity index (χ0) is 11.5. The molecular weight excluding hydrogens is 208 g/mol. The number of para-hydroxylation sites is 2. The van der Waals surface area contributed by atoms with Gasteiger partial charge in [0.15, 0.2) is 5.69 Å². The summed E-state index contributed by atoms with van der Waals surface area (Å²) in [7, 11) is 1.56. The first-order valence-electron chi connectivity index (χ1n) is 4.63. The third-order valence-electron chi connectivity index (χ3n) is 2.17. The molecule has 0 saturated carbocycles. The molecule has 0 amide bonds. The molecule has 5 nitrogen and oxygen atoms in total. The fourth-order valence-electron chi connectivity index (χ4n) is 1.41. The maximum Gasteiger partial charge on any atom is 0.356 e. The topological polar surface area (TPSA) is 64.4 Å². The summed E-state index contributed by atoms with van der Waals surface area (Å²) in [5.41, 5.74) is 0.760. The number of aromatic nitrogens is 2. The van der Waals surface area contributed by atoms with Gasteiger partial charge in [-0.05, 0) is 12.1 Å². The van der Waals surface area contributed by atoms with Gasteiger partial charge < -0.3 is 14.4 Å². The second-order valence-corrected chi connectivity index (χ2v) is 3.14. The van der Waals surface area contributed by atoms with Crippen LogP contribution in [0, 0.1) is 0 Å². The van der Waals surface area contributed by atoms with E-state index in [1.54, 1.807) is 17.7 Å². The molecule has 0 bridgehead atoms. The van der Waals surface area contributed by atoms with Gasteiger partial charge in [0.05, 0.1) is 12.8 Å². The fourth-order valence-corrected chi connectivity index (χ4v) is 1.41. The first kappa shape index (κ1) is 10.2. The van der Waals surface area contributed by atoms with E-state index in [9.17, 15) is 4.79 Å². The number of benzene rings is 1. The lowest BCUT2D eigenvalue weighted by atomic mass is 10.3. The summed E-state index contributed by atoms with van der Waals surface area (Å²) in [6, 6.07) is 7.32. The summed E-state index contributed by atoms with van der Waals surface area (Å²) < 4.78 is 6.79. The van der Waals surface area contributed by atoms with Crippen LogP contribution in [0.3, 0.4) is 0 Å². The van der Waals surface area contributed by atoms with Gasteiger partial charge in [-0.2, -0.15) is 0 Å². The van der Waals surface area contributed by atoms with Crippen molar-refractivity contribution in [1.82, 2.24) is 9.55 Å². The van der Waals surface area contributed by atoms with Crippen molar-refractivity contribution in [2.45, 2.75) is 0 Å². The van der Waals surface area contributed by atoms with Crippen LogP contribution in [0.4, 0.5) is 0 Å². The molecule has 16 heavy (non-hydrogen) atoms. The highest BCUT2D eigenvalue weighted by Crippen LogP contribution is 2.21. The Morgan fingerprint density at radius 3 is 2.81 bits per heavy atom. The summed E-state index contributed by atoms with van der Waals surface area (Å²) in [5, 5.41) is 8.76. The van der Waals surface area contributed by atoms with E-state index in [-0.39, 0.29) is 5.69 Å². The number of carboxylic acids is 1. The summed E-state index contributed by atoms with van der Waals surface area (Å²) in [6.45, 7) is 0. The van der Waals surface area contributed by atoms with E-state index in [4.69, 9.17) is 9.84 Å². The molecule has 0 spiro atoms. The van der Waals surface area contributed by atoms with Gasteiger partial charge in [0.1, 0.15) is 12.1 Å². The Balaban J connectivity index is 2.46. The Hall–Kier alpha value is -2.30. The molecule has 1 heterocycles. The summed E-state index contributed by atoms with van der Waals surface area (Å²) >= 11 is 0. The first-order chi connectivity index (χ1) is 7.72. The minimum Gasteiger partial charge on any atom is -0.495 e. The molecule has 0 aliphatic heterocycles. The van der Waals surface area contributed by atoms with E-state index in [1.807, 2.05) is 18.2 Å². The number of nitrogens with zero attached hydrogens (tertiary/aromatic N) is 2. The maximum absolute atomic E-state index is 10.7. The molecule has 0 radical (unpaired) electrons. The van der Waals surface area contributed by atoms with Gasteiger partial charge >= 0.3 is 5.97 Å². The van der Waals surface area contributed by atoms with Gasteiger partial charge in [-0.1, -0.05) is 12.1 Å². The van der Waals surface area contributed by atoms with E-state index < -0.39 is 5.97 Å². The SMILES string of the molecule is COc1ccccc1-n1cnc(C(=O)O)c1. The van der Waals surface area contributed by atoms with Crippen molar-refractivity contribution in [2.75, 3.05) is 7.11 Å². The second-order valence-electron chi connectivity index (χ2n) is 3.14. The van der Waals surface area contributed by atoms with Crippen molar-refractivity contribution in [3.05, 3.63) is 42.5 Å². The van der Waals surface area contributed by atoms with Crippen molar-refractivity contribution < 1.29 is 14.6 Å². The molecular formula is C11H10N2O3. The molecule has 0 saturated heterocycles. The van der Waals surface area contributed by atoms with Crippen LogP contribution in [0.15, 0.2) is 36.8 Å². The van der Waals surface area contributed by atoms with Crippen molar-refractivity contribution in [3.63, 3.8) is 0 Å². The smallest absolute Gasteiger partial charge is 0.356 e. The third kappa shape index (κ3) is 1.75. The molecule has 0 aliphatic carbocycles. The van der Waals surface area contributed by atoms with Gasteiger partial charge in [0.2, 0.25) is 0 Å². The number of ether oxygens (including phenoxy) is 1. The van der Waals surface area contributed by atoms with E-state index in [0.29, 0.717) is 5.75 Å². The van der Waals surface area contributed by atoms with E-state index >= 15 is 0 Å². The zero-order valence-electron chi connectivity index (χ0n) is 8.62. The molecule has 0 fully saturated rings. The molecule has 0 aliphatic rings. The van der Waals surface area contributed by atoms with Crippen LogP contribution in [0.2, 0.25) is 0 Å². The molecule has 5 heteroatoms. The number of carbonyl (C=O) groups is 1. The molecule has 1 aromatic carbocycles. The maximum atomic E-state index is 10.7. The van der Waals surface area contributed by atoms with Crippen LogP contribution < -0.4 is 4.74 Å². The second kappa shape index (κ2) is 4.06. The molecule has 0 atom stereocenters. The van der Waals surface area contributed by atoms with Crippen molar-refractivity contribution in [3.8, 4) is 11.4 Å². The summed E-state index contributed by atoms with van der Waals surface area (Å²) in [6.07, 6.45) is 2.89. The Labute approximate surface area is 91.9 Å². The van der Waals surface area contributed by atoms with Crippen LogP contribution in [0.25, 0.3) is 5.69 Å². The quantitative estimate of drug-likeness (QED) is 0.849. The number of imidazole rings is 1. The van der Waals surface area contributed by atoms with Crippen LogP contribution in [0.5, 0.6) is 5.75 Å². The number of methoxy groups -OCH3 is 1. The highest BCUT2D eigenvalue weighted by Gasteiger charge is 2.09. The highest BCUT2D eigenvalue weighted by molar-refractivity contribution is 5.85. The predicted molar refractivity (Wildman–Crippen MR) is 57.1 cm³/mol. The average molecular weight is 218 g/mol. The number of rotatable bonds is 3. The molecule has 2 aromatic rings. The molecule has 1 N–H and O–H groups in total. The van der Waals surface area contributed by atoms with Crippen LogP contribution >= 0.6 is 0 Å². The monoisotopic (exact) mass is 218 g/mol. The van der Waals surface area contributed by atoms with Gasteiger partial charge in [0, 0.05) is 6.20 Å². The molecule has 1 aromatic heterocycles. The number of hydrogen-bond donors (Lipinski definition) is 1. The normalized spacial score (nSPS) is 10.1. The van der Waals surface area contributed by atoms with Crippen LogP contribution in [-0.4, -0.2) is 27.7 Å². The lowest BCUT2D eigenvalue weighted by Crippen LogP contribution is -1.97. The van der Waals surface area contributed by atoms with Crippen molar-refractivity contribution in [1.29, 1.82) is 0 Å². The number of hydrogen-bond acceptors (Lipinski definition) is 3. The minimum absolute atomic E-state index is 0.00547. The number of aromatic carboxylic acids is 1. The Morgan fingerprint density at radius 2 is 2.19 bits per heavy atom. The van der Waals surface area contributed by atoms with E-state index in [0.717, 1.165) is 5.69 Å². The Bertz CT molecular complexity index is 519. The Kier molecular flexibility index (Phi) is 2.59. The van der Waals surface area contributed by atoms with Gasteiger partial charge in [-0.15, -0.1) is 0 Å². The summed E-state index contributed by atoms with van der Waals surface area (Å²) in [5.74, 6) is -0.384. The summed E-state index contributed by atoms with van der Waals surface area (Å²) in [4.78, 5) is 14.5. The lowest BCUT2D eigenvalue weighted by molar-refractivity contribution is 0.0691. The van der Waals surface area contributed by atoms with Crippen molar-refractivity contribution in [2.24, 2.45) is 0 Å². The highest BCUT2D eigenvalue weighted by atomic mass is 16.5. The van der Waals surface area contributed by atoms with Gasteiger partial charge in [-0.25, -0.2) is 9.78 Å². The average Bonchev–Trinajstić information content (AvgIpc) is 2.78. The van der Waals surface area contributed by atoms with Crippen LogP contribution in [-0.2, 0) is 0 Å². The van der Waals surface area contributed by atoms with Gasteiger partial charge in [0.25, 0.3) is 0 Å². The predicted octanol–water partition coefficient (Wildman–Crippen LogP) is 1.58. The van der Waals surface area contributed by atoms with Crippen molar-refractivity contribution >= 4 is 5.97 Å². The standard InChI is InChI=1S/C11H10N2O3/c1-16-10-5-3-2-4-9(10)13-6-8(11(14)15)12-7-13/h2-7H,1H3,(H,14,15). The molecule has 0 unspecified atom stereocenters. The Morgan fingerprint density at radius 1 is 1.44 bits per heavy atom. The largest absolute Gasteiger partial charge is 0.495 e. The van der Waals surface area contributed by atoms with Gasteiger partial charge in [-0.3, -0.25) is 0 Å². The van der Waals surface area contributed by atoms with E-state index in [2.05, 4.69) is 4.98 Å². The third-order valence-corrected chi connectivity index (χ3v) is 2.17.